The molecule has 0 amide bonds. The Bertz CT molecular complexity index is 491. The Kier molecular flexibility index (Phi) is 2.21. The highest BCUT2D eigenvalue weighted by atomic mass is 16.4. The van der Waals surface area contributed by atoms with Crippen molar-refractivity contribution in [1.29, 1.82) is 0 Å². The molecule has 15 heavy (non-hydrogen) atoms. The van der Waals surface area contributed by atoms with E-state index in [9.17, 15) is 4.79 Å². The molecule has 0 spiro atoms. The maximum Gasteiger partial charge on any atom is 0.337 e. The fraction of sp³-hybridized carbons (Fsp3) is 0.100. The van der Waals surface area contributed by atoms with Crippen LogP contribution in [0, 0.1) is 6.92 Å². The molecule has 0 aliphatic carbocycles. The maximum absolute atomic E-state index is 11.0. The molecule has 76 valence electrons. The number of nitrogens with zero attached hydrogens (tertiary/aromatic N) is 3. The number of aromatic nitrogens is 3. The van der Waals surface area contributed by atoms with Gasteiger partial charge in [-0.2, -0.15) is 0 Å². The van der Waals surface area contributed by atoms with E-state index in [1.165, 1.54) is 10.9 Å². The molecule has 2 aromatic rings. The van der Waals surface area contributed by atoms with Crippen LogP contribution in [0.2, 0.25) is 0 Å². The van der Waals surface area contributed by atoms with Crippen LogP contribution in [0.15, 0.2) is 30.6 Å². The van der Waals surface area contributed by atoms with Gasteiger partial charge in [0.05, 0.1) is 23.6 Å². The van der Waals surface area contributed by atoms with Gasteiger partial charge in [-0.3, -0.25) is 0 Å². The van der Waals surface area contributed by atoms with E-state index in [1.807, 2.05) is 6.92 Å². The number of rotatable bonds is 2. The monoisotopic (exact) mass is 203 g/mol. The molecule has 0 bridgehead atoms. The molecule has 0 aliphatic heterocycles. The van der Waals surface area contributed by atoms with E-state index in [0.717, 1.165) is 5.56 Å². The summed E-state index contributed by atoms with van der Waals surface area (Å²) in [6.45, 7) is 1.89. The Hall–Kier alpha value is -2.17. The van der Waals surface area contributed by atoms with Crippen LogP contribution in [0.1, 0.15) is 15.9 Å². The molecule has 0 atom stereocenters. The van der Waals surface area contributed by atoms with E-state index >= 15 is 0 Å². The van der Waals surface area contributed by atoms with Crippen molar-refractivity contribution in [2.75, 3.05) is 0 Å². The van der Waals surface area contributed by atoms with Gasteiger partial charge in [0.2, 0.25) is 0 Å². The van der Waals surface area contributed by atoms with Gasteiger partial charge in [-0.05, 0) is 24.6 Å². The molecule has 0 fully saturated rings. The summed E-state index contributed by atoms with van der Waals surface area (Å²) in [5, 5.41) is 16.4. The van der Waals surface area contributed by atoms with E-state index in [0.29, 0.717) is 5.69 Å². The molecule has 1 aromatic carbocycles. The molecule has 1 N–H and O–H groups in total. The molecule has 0 aliphatic rings. The van der Waals surface area contributed by atoms with Crippen LogP contribution in [0.4, 0.5) is 0 Å². The fourth-order valence-electron chi connectivity index (χ4n) is 1.35. The summed E-state index contributed by atoms with van der Waals surface area (Å²) >= 11 is 0. The minimum atomic E-state index is -0.972. The van der Waals surface area contributed by atoms with Gasteiger partial charge in [-0.15, -0.1) is 5.10 Å². The molecule has 1 heterocycles. The first kappa shape index (κ1) is 9.39. The number of hydrogen-bond donors (Lipinski definition) is 1. The number of carbonyl (C=O) groups is 1. The van der Waals surface area contributed by atoms with Crippen molar-refractivity contribution in [2.45, 2.75) is 6.92 Å². The van der Waals surface area contributed by atoms with Crippen molar-refractivity contribution in [1.82, 2.24) is 15.0 Å². The van der Waals surface area contributed by atoms with Crippen LogP contribution >= 0.6 is 0 Å². The van der Waals surface area contributed by atoms with E-state index in [1.54, 1.807) is 24.4 Å². The van der Waals surface area contributed by atoms with Gasteiger partial charge < -0.3 is 5.11 Å². The van der Waals surface area contributed by atoms with Gasteiger partial charge in [0, 0.05) is 0 Å². The minimum Gasteiger partial charge on any atom is -0.478 e. The topological polar surface area (TPSA) is 68.0 Å². The smallest absolute Gasteiger partial charge is 0.337 e. The normalized spacial score (nSPS) is 10.2. The number of carboxylic acids is 1. The average molecular weight is 203 g/mol. The molecule has 1 aromatic heterocycles. The second-order valence-electron chi connectivity index (χ2n) is 3.17. The highest BCUT2D eigenvalue weighted by Crippen LogP contribution is 2.15. The van der Waals surface area contributed by atoms with Crippen molar-refractivity contribution in [2.24, 2.45) is 0 Å². The van der Waals surface area contributed by atoms with Gasteiger partial charge in [-0.1, -0.05) is 11.3 Å². The Morgan fingerprint density at radius 1 is 1.47 bits per heavy atom. The summed E-state index contributed by atoms with van der Waals surface area (Å²) in [6.07, 6.45) is 3.12. The van der Waals surface area contributed by atoms with E-state index in [2.05, 4.69) is 10.3 Å². The van der Waals surface area contributed by atoms with E-state index in [4.69, 9.17) is 5.11 Å². The molecule has 0 saturated heterocycles. The summed E-state index contributed by atoms with van der Waals surface area (Å²) in [6, 6.07) is 5.08. The molecule has 0 unspecified atom stereocenters. The first-order valence-electron chi connectivity index (χ1n) is 4.39. The number of aryl methyl sites for hydroxylation is 1. The highest BCUT2D eigenvalue weighted by Gasteiger charge is 2.11. The van der Waals surface area contributed by atoms with Crippen molar-refractivity contribution in [3.05, 3.63) is 41.7 Å². The zero-order valence-corrected chi connectivity index (χ0v) is 8.08. The van der Waals surface area contributed by atoms with Gasteiger partial charge in [-0.25, -0.2) is 9.48 Å². The molecular formula is C10H9N3O2. The molecular weight excluding hydrogens is 194 g/mol. The lowest BCUT2D eigenvalue weighted by Gasteiger charge is -2.05. The van der Waals surface area contributed by atoms with Crippen LogP contribution in [0.25, 0.3) is 5.69 Å². The van der Waals surface area contributed by atoms with Gasteiger partial charge in [0.15, 0.2) is 0 Å². The second-order valence-corrected chi connectivity index (χ2v) is 3.17. The Labute approximate surface area is 86.0 Å². The summed E-state index contributed by atoms with van der Waals surface area (Å²) < 4.78 is 1.44. The van der Waals surface area contributed by atoms with E-state index < -0.39 is 5.97 Å². The Balaban J connectivity index is 2.63. The number of hydrogen-bond acceptors (Lipinski definition) is 3. The molecule has 5 heteroatoms. The Morgan fingerprint density at radius 2 is 2.27 bits per heavy atom. The summed E-state index contributed by atoms with van der Waals surface area (Å²) in [4.78, 5) is 11.0. The molecule has 5 nitrogen and oxygen atoms in total. The third-order valence-corrected chi connectivity index (χ3v) is 2.05. The molecule has 2 rings (SSSR count). The largest absolute Gasteiger partial charge is 0.478 e. The second kappa shape index (κ2) is 3.53. The quantitative estimate of drug-likeness (QED) is 0.798. The standard InChI is InChI=1S/C10H9N3O2/c1-7-2-3-8(10(14)15)9(6-7)13-5-4-11-12-13/h2-6H,1H3,(H,14,15). The lowest BCUT2D eigenvalue weighted by atomic mass is 10.1. The van der Waals surface area contributed by atoms with Crippen molar-refractivity contribution in [3.63, 3.8) is 0 Å². The van der Waals surface area contributed by atoms with E-state index in [-0.39, 0.29) is 5.56 Å². The van der Waals surface area contributed by atoms with Gasteiger partial charge >= 0.3 is 5.97 Å². The minimum absolute atomic E-state index is 0.214. The highest BCUT2D eigenvalue weighted by molar-refractivity contribution is 5.92. The predicted octanol–water partition coefficient (Wildman–Crippen LogP) is 1.27. The van der Waals surface area contributed by atoms with Crippen molar-refractivity contribution < 1.29 is 9.90 Å². The lowest BCUT2D eigenvalue weighted by Crippen LogP contribution is -2.06. The zero-order chi connectivity index (χ0) is 10.8. The summed E-state index contributed by atoms with van der Waals surface area (Å²) in [7, 11) is 0. The van der Waals surface area contributed by atoms with Crippen molar-refractivity contribution in [3.8, 4) is 5.69 Å². The van der Waals surface area contributed by atoms with Crippen LogP contribution in [0.3, 0.4) is 0 Å². The van der Waals surface area contributed by atoms with Crippen molar-refractivity contribution >= 4 is 5.97 Å². The SMILES string of the molecule is Cc1ccc(C(=O)O)c(-n2ccnn2)c1. The zero-order valence-electron chi connectivity index (χ0n) is 8.08. The Morgan fingerprint density at radius 3 is 2.87 bits per heavy atom. The number of carboxylic acid groups (broad SMARTS) is 1. The maximum atomic E-state index is 11.0. The summed E-state index contributed by atoms with van der Waals surface area (Å²) in [5.74, 6) is -0.972. The first-order chi connectivity index (χ1) is 7.18. The number of benzene rings is 1. The lowest BCUT2D eigenvalue weighted by molar-refractivity contribution is 0.0696. The van der Waals surface area contributed by atoms with Crippen LogP contribution in [0.5, 0.6) is 0 Å². The third-order valence-electron chi connectivity index (χ3n) is 2.05. The first-order valence-corrected chi connectivity index (χ1v) is 4.39. The third kappa shape index (κ3) is 1.71. The van der Waals surface area contributed by atoms with Crippen LogP contribution in [-0.4, -0.2) is 26.1 Å². The van der Waals surface area contributed by atoms with Crippen LogP contribution in [-0.2, 0) is 0 Å². The molecule has 0 radical (unpaired) electrons. The summed E-state index contributed by atoms with van der Waals surface area (Å²) in [5.41, 5.74) is 1.72. The van der Waals surface area contributed by atoms with Gasteiger partial charge in [0.1, 0.15) is 0 Å². The molecule has 0 saturated carbocycles. The fourth-order valence-corrected chi connectivity index (χ4v) is 1.35. The number of aromatic carboxylic acids is 1. The predicted molar refractivity (Wildman–Crippen MR) is 53.1 cm³/mol. The van der Waals surface area contributed by atoms with Crippen LogP contribution < -0.4 is 0 Å². The average Bonchev–Trinajstić information content (AvgIpc) is 2.69. The van der Waals surface area contributed by atoms with Gasteiger partial charge in [0.25, 0.3) is 0 Å².